The Kier molecular flexibility index (Phi) is 6.05. The fourth-order valence-corrected chi connectivity index (χ4v) is 2.75. The van der Waals surface area contributed by atoms with Crippen LogP contribution in [0.25, 0.3) is 0 Å². The number of amides is 1. The molecule has 0 aromatic heterocycles. The number of carbonyl (C=O) groups is 1. The van der Waals surface area contributed by atoms with E-state index in [1.54, 1.807) is 0 Å². The van der Waals surface area contributed by atoms with Crippen LogP contribution in [0.4, 0.5) is 5.69 Å². The Morgan fingerprint density at radius 1 is 1.33 bits per heavy atom. The zero-order chi connectivity index (χ0) is 15.1. The van der Waals surface area contributed by atoms with Gasteiger partial charge in [0.25, 0.3) is 0 Å². The van der Waals surface area contributed by atoms with Crippen LogP contribution < -0.4 is 11.1 Å². The Bertz CT molecular complexity index is 453. The van der Waals surface area contributed by atoms with Crippen molar-refractivity contribution in [3.63, 3.8) is 0 Å². The highest BCUT2D eigenvalue weighted by Crippen LogP contribution is 2.15. The number of carbonyl (C=O) groups excluding carboxylic acids is 1. The molecule has 0 atom stereocenters. The number of nitrogens with zero attached hydrogens (tertiary/aromatic N) is 1. The lowest BCUT2D eigenvalue weighted by Crippen LogP contribution is -2.35. The Morgan fingerprint density at radius 2 is 2.05 bits per heavy atom. The number of benzene rings is 1. The Morgan fingerprint density at radius 3 is 2.76 bits per heavy atom. The number of nitrogens with one attached hydrogen (secondary N) is 1. The van der Waals surface area contributed by atoms with Gasteiger partial charge >= 0.3 is 0 Å². The van der Waals surface area contributed by atoms with Crippen LogP contribution in [0.3, 0.4) is 0 Å². The summed E-state index contributed by atoms with van der Waals surface area (Å²) in [5, 5.41) is 2.99. The second-order valence-corrected chi connectivity index (χ2v) is 6.10. The van der Waals surface area contributed by atoms with Gasteiger partial charge in [0.15, 0.2) is 0 Å². The van der Waals surface area contributed by atoms with E-state index in [9.17, 15) is 4.79 Å². The summed E-state index contributed by atoms with van der Waals surface area (Å²) in [5.74, 6) is 0.928. The van der Waals surface area contributed by atoms with Gasteiger partial charge in [-0.1, -0.05) is 25.1 Å². The highest BCUT2D eigenvalue weighted by molar-refractivity contribution is 5.80. The molecule has 116 valence electrons. The van der Waals surface area contributed by atoms with Crippen molar-refractivity contribution in [1.82, 2.24) is 10.2 Å². The van der Waals surface area contributed by atoms with Crippen LogP contribution in [0.5, 0.6) is 0 Å². The summed E-state index contributed by atoms with van der Waals surface area (Å²) in [6.45, 7) is 6.57. The number of para-hydroxylation sites is 1. The van der Waals surface area contributed by atoms with Gasteiger partial charge in [0, 0.05) is 12.2 Å². The summed E-state index contributed by atoms with van der Waals surface area (Å²) in [6, 6.07) is 7.54. The molecular weight excluding hydrogens is 262 g/mol. The number of rotatable bonds is 6. The van der Waals surface area contributed by atoms with Gasteiger partial charge in [-0.05, 0) is 56.4 Å². The van der Waals surface area contributed by atoms with Crippen LogP contribution in [-0.2, 0) is 11.2 Å². The monoisotopic (exact) mass is 289 g/mol. The van der Waals surface area contributed by atoms with Crippen molar-refractivity contribution >= 4 is 11.6 Å². The van der Waals surface area contributed by atoms with E-state index in [0.717, 1.165) is 31.0 Å². The van der Waals surface area contributed by atoms with Gasteiger partial charge in [-0.3, -0.25) is 4.79 Å². The lowest BCUT2D eigenvalue weighted by Gasteiger charge is -2.30. The standard InChI is InChI=1S/C17H27N3O/c1-14-7-11-20(12-8-14)10-4-9-19-17(21)13-15-5-2-3-6-16(15)18/h2-3,5-6,14H,4,7-13,18H2,1H3,(H,19,21). The van der Waals surface area contributed by atoms with Gasteiger partial charge in [0.05, 0.1) is 6.42 Å². The van der Waals surface area contributed by atoms with E-state index in [2.05, 4.69) is 17.1 Å². The predicted octanol–water partition coefficient (Wildman–Crippen LogP) is 2.05. The minimum atomic E-state index is 0.0557. The average molecular weight is 289 g/mol. The topological polar surface area (TPSA) is 58.4 Å². The summed E-state index contributed by atoms with van der Waals surface area (Å²) in [4.78, 5) is 14.4. The molecule has 4 nitrogen and oxygen atoms in total. The molecule has 0 saturated carbocycles. The number of hydrogen-bond acceptors (Lipinski definition) is 3. The molecule has 0 radical (unpaired) electrons. The molecule has 1 saturated heterocycles. The molecule has 1 amide bonds. The Labute approximate surface area is 127 Å². The van der Waals surface area contributed by atoms with Crippen molar-refractivity contribution in [2.75, 3.05) is 31.9 Å². The van der Waals surface area contributed by atoms with Gasteiger partial charge in [-0.25, -0.2) is 0 Å². The van der Waals surface area contributed by atoms with Gasteiger partial charge < -0.3 is 16.0 Å². The number of piperidine rings is 1. The lowest BCUT2D eigenvalue weighted by atomic mass is 9.99. The van der Waals surface area contributed by atoms with Crippen molar-refractivity contribution in [2.45, 2.75) is 32.6 Å². The fraction of sp³-hybridized carbons (Fsp3) is 0.588. The summed E-state index contributed by atoms with van der Waals surface area (Å²) in [6.07, 6.45) is 4.00. The number of anilines is 1. The third-order valence-electron chi connectivity index (χ3n) is 4.26. The van der Waals surface area contributed by atoms with Gasteiger partial charge in [-0.15, -0.1) is 0 Å². The number of nitrogen functional groups attached to an aromatic ring is 1. The first-order chi connectivity index (χ1) is 10.1. The predicted molar refractivity (Wildman–Crippen MR) is 87.0 cm³/mol. The third-order valence-corrected chi connectivity index (χ3v) is 4.26. The molecule has 0 bridgehead atoms. The van der Waals surface area contributed by atoms with E-state index in [1.807, 2.05) is 24.3 Å². The molecular formula is C17H27N3O. The first-order valence-electron chi connectivity index (χ1n) is 7.97. The van der Waals surface area contributed by atoms with Gasteiger partial charge in [0.1, 0.15) is 0 Å². The maximum Gasteiger partial charge on any atom is 0.224 e. The fourth-order valence-electron chi connectivity index (χ4n) is 2.75. The SMILES string of the molecule is CC1CCN(CCCNC(=O)Cc2ccccc2N)CC1. The third kappa shape index (κ3) is 5.38. The Balaban J connectivity index is 1.60. The van der Waals surface area contributed by atoms with Crippen molar-refractivity contribution in [3.05, 3.63) is 29.8 Å². The van der Waals surface area contributed by atoms with Crippen molar-refractivity contribution in [2.24, 2.45) is 5.92 Å². The van der Waals surface area contributed by atoms with E-state index < -0.39 is 0 Å². The van der Waals surface area contributed by atoms with Crippen molar-refractivity contribution in [3.8, 4) is 0 Å². The summed E-state index contributed by atoms with van der Waals surface area (Å²) < 4.78 is 0. The first kappa shape index (κ1) is 15.8. The van der Waals surface area contributed by atoms with Crippen LogP contribution in [-0.4, -0.2) is 37.0 Å². The molecule has 2 rings (SSSR count). The molecule has 1 aromatic carbocycles. The molecule has 0 unspecified atom stereocenters. The number of nitrogens with two attached hydrogens (primary N) is 1. The minimum absolute atomic E-state index is 0.0557. The van der Waals surface area contributed by atoms with Crippen molar-refractivity contribution in [1.29, 1.82) is 0 Å². The molecule has 1 heterocycles. The molecule has 4 heteroatoms. The largest absolute Gasteiger partial charge is 0.398 e. The van der Waals surface area contributed by atoms with Crippen LogP contribution in [0.15, 0.2) is 24.3 Å². The van der Waals surface area contributed by atoms with E-state index in [0.29, 0.717) is 12.1 Å². The zero-order valence-electron chi connectivity index (χ0n) is 13.0. The molecule has 1 fully saturated rings. The van der Waals surface area contributed by atoms with Crippen LogP contribution in [0.2, 0.25) is 0 Å². The summed E-state index contributed by atoms with van der Waals surface area (Å²) in [7, 11) is 0. The van der Waals surface area contributed by atoms with E-state index in [4.69, 9.17) is 5.73 Å². The van der Waals surface area contributed by atoms with Crippen LogP contribution in [0, 0.1) is 5.92 Å². The molecule has 0 spiro atoms. The number of likely N-dealkylation sites (tertiary alicyclic amines) is 1. The van der Waals surface area contributed by atoms with E-state index >= 15 is 0 Å². The maximum absolute atomic E-state index is 11.9. The highest BCUT2D eigenvalue weighted by atomic mass is 16.1. The first-order valence-corrected chi connectivity index (χ1v) is 7.97. The molecule has 1 aromatic rings. The normalized spacial score (nSPS) is 16.8. The summed E-state index contributed by atoms with van der Waals surface area (Å²) >= 11 is 0. The van der Waals surface area contributed by atoms with E-state index in [-0.39, 0.29) is 5.91 Å². The molecule has 0 aliphatic carbocycles. The molecule has 1 aliphatic heterocycles. The summed E-state index contributed by atoms with van der Waals surface area (Å²) in [5.41, 5.74) is 7.44. The highest BCUT2D eigenvalue weighted by Gasteiger charge is 2.14. The smallest absolute Gasteiger partial charge is 0.224 e. The number of hydrogen-bond donors (Lipinski definition) is 2. The molecule has 3 N–H and O–H groups in total. The second kappa shape index (κ2) is 8.03. The zero-order valence-corrected chi connectivity index (χ0v) is 13.0. The molecule has 21 heavy (non-hydrogen) atoms. The van der Waals surface area contributed by atoms with Crippen LogP contribution >= 0.6 is 0 Å². The minimum Gasteiger partial charge on any atom is -0.398 e. The second-order valence-electron chi connectivity index (χ2n) is 6.10. The maximum atomic E-state index is 11.9. The lowest BCUT2D eigenvalue weighted by molar-refractivity contribution is -0.120. The van der Waals surface area contributed by atoms with Gasteiger partial charge in [0.2, 0.25) is 5.91 Å². The average Bonchev–Trinajstić information content (AvgIpc) is 2.48. The Hall–Kier alpha value is -1.55. The van der Waals surface area contributed by atoms with Crippen LogP contribution in [0.1, 0.15) is 31.7 Å². The van der Waals surface area contributed by atoms with Gasteiger partial charge in [-0.2, -0.15) is 0 Å². The van der Waals surface area contributed by atoms with E-state index in [1.165, 1.54) is 25.9 Å². The quantitative estimate of drug-likeness (QED) is 0.622. The van der Waals surface area contributed by atoms with Crippen molar-refractivity contribution < 1.29 is 4.79 Å². The molecule has 1 aliphatic rings.